The standard InChI is InChI=1S/C61H42N2/c62-57(48-35-33-42-15-5-7-17-45(42)37-48)38-47(46-34-32-41-14-4-6-16-44(41)36-46)31-28-40-26-29-43(30-27-40)55-39-56-51-21-9-11-23-53(51)61-60(59(56)52-22-10-8-20-50(52)55)54-24-12-13-25-58(54)63(61)49-18-2-1-3-19-49/h1-27,29-39H,28,62H2/b47-31+,57-38-. The highest BCUT2D eigenvalue weighted by Crippen LogP contribution is 2.47. The molecule has 0 saturated heterocycles. The molecule has 2 heteroatoms. The Morgan fingerprint density at radius 3 is 1.73 bits per heavy atom. The molecule has 0 atom stereocenters. The van der Waals surface area contributed by atoms with Crippen LogP contribution in [0.15, 0.2) is 231 Å². The van der Waals surface area contributed by atoms with Crippen molar-refractivity contribution in [1.29, 1.82) is 0 Å². The van der Waals surface area contributed by atoms with E-state index in [4.69, 9.17) is 5.73 Å². The van der Waals surface area contributed by atoms with Gasteiger partial charge in [-0.05, 0) is 125 Å². The molecule has 63 heavy (non-hydrogen) atoms. The number of nitrogens with two attached hydrogens (primary N) is 1. The van der Waals surface area contributed by atoms with E-state index in [9.17, 15) is 0 Å². The zero-order valence-electron chi connectivity index (χ0n) is 34.7. The van der Waals surface area contributed by atoms with Crippen LogP contribution in [0, 0.1) is 0 Å². The van der Waals surface area contributed by atoms with E-state index in [1.165, 1.54) is 92.4 Å². The van der Waals surface area contributed by atoms with Crippen molar-refractivity contribution >= 4 is 86.9 Å². The van der Waals surface area contributed by atoms with Crippen LogP contribution < -0.4 is 5.73 Å². The first kappa shape index (κ1) is 36.6. The van der Waals surface area contributed by atoms with Crippen LogP contribution in [0.4, 0.5) is 0 Å². The minimum Gasteiger partial charge on any atom is -0.398 e. The van der Waals surface area contributed by atoms with Crippen molar-refractivity contribution in [1.82, 2.24) is 4.57 Å². The molecule has 12 rings (SSSR count). The third-order valence-electron chi connectivity index (χ3n) is 13.0. The Hall–Kier alpha value is -8.20. The molecule has 0 amide bonds. The Balaban J connectivity index is 0.983. The number of rotatable bonds is 7. The molecule has 1 aromatic heterocycles. The van der Waals surface area contributed by atoms with E-state index in [1.54, 1.807) is 0 Å². The normalized spacial score (nSPS) is 12.4. The van der Waals surface area contributed by atoms with Gasteiger partial charge < -0.3 is 10.3 Å². The lowest BCUT2D eigenvalue weighted by Gasteiger charge is -2.16. The first-order chi connectivity index (χ1) is 31.2. The van der Waals surface area contributed by atoms with Crippen molar-refractivity contribution in [2.45, 2.75) is 6.42 Å². The monoisotopic (exact) mass is 802 g/mol. The van der Waals surface area contributed by atoms with E-state index in [0.29, 0.717) is 0 Å². The highest BCUT2D eigenvalue weighted by molar-refractivity contribution is 6.38. The molecule has 0 aliphatic rings. The lowest BCUT2D eigenvalue weighted by Crippen LogP contribution is -1.98. The Morgan fingerprint density at radius 1 is 0.429 bits per heavy atom. The molecule has 0 fully saturated rings. The summed E-state index contributed by atoms with van der Waals surface area (Å²) in [6.07, 6.45) is 5.22. The van der Waals surface area contributed by atoms with E-state index in [0.717, 1.165) is 34.5 Å². The Labute approximate surface area is 366 Å². The molecule has 296 valence electrons. The summed E-state index contributed by atoms with van der Waals surface area (Å²) in [6.45, 7) is 0. The molecule has 2 N–H and O–H groups in total. The van der Waals surface area contributed by atoms with Crippen LogP contribution in [-0.4, -0.2) is 4.57 Å². The van der Waals surface area contributed by atoms with Crippen LogP contribution in [0.25, 0.3) is 104 Å². The van der Waals surface area contributed by atoms with E-state index in [1.807, 2.05) is 0 Å². The van der Waals surface area contributed by atoms with Crippen LogP contribution in [0.5, 0.6) is 0 Å². The smallest absolute Gasteiger partial charge is 0.0626 e. The van der Waals surface area contributed by atoms with Crippen LogP contribution in [0.1, 0.15) is 16.7 Å². The highest BCUT2D eigenvalue weighted by atomic mass is 15.0. The summed E-state index contributed by atoms with van der Waals surface area (Å²) in [5, 5.41) is 15.0. The molecule has 12 aromatic rings. The Bertz CT molecular complexity index is 3810. The molecular formula is C61H42N2. The van der Waals surface area contributed by atoms with Gasteiger partial charge in [0.1, 0.15) is 0 Å². The van der Waals surface area contributed by atoms with Gasteiger partial charge in [0, 0.05) is 32.9 Å². The van der Waals surface area contributed by atoms with Crippen molar-refractivity contribution in [3.8, 4) is 16.8 Å². The molecule has 0 saturated carbocycles. The number of benzene rings is 11. The van der Waals surface area contributed by atoms with Gasteiger partial charge in [0.2, 0.25) is 0 Å². The van der Waals surface area contributed by atoms with Gasteiger partial charge in [-0.1, -0.05) is 188 Å². The second-order valence-corrected chi connectivity index (χ2v) is 16.6. The van der Waals surface area contributed by atoms with Crippen molar-refractivity contribution in [2.75, 3.05) is 0 Å². The van der Waals surface area contributed by atoms with Gasteiger partial charge in [0.15, 0.2) is 0 Å². The number of para-hydroxylation sites is 2. The molecule has 0 spiro atoms. The fourth-order valence-corrected chi connectivity index (χ4v) is 9.91. The number of nitrogens with zero attached hydrogens (tertiary/aromatic N) is 1. The average molecular weight is 803 g/mol. The fraction of sp³-hybridized carbons (Fsp3) is 0.0164. The van der Waals surface area contributed by atoms with Crippen molar-refractivity contribution in [2.24, 2.45) is 5.73 Å². The largest absolute Gasteiger partial charge is 0.398 e. The predicted octanol–water partition coefficient (Wildman–Crippen LogP) is 15.8. The second-order valence-electron chi connectivity index (χ2n) is 16.6. The predicted molar refractivity (Wildman–Crippen MR) is 270 cm³/mol. The van der Waals surface area contributed by atoms with Gasteiger partial charge in [-0.3, -0.25) is 0 Å². The van der Waals surface area contributed by atoms with Gasteiger partial charge in [-0.15, -0.1) is 0 Å². The lowest BCUT2D eigenvalue weighted by molar-refractivity contribution is 1.19. The van der Waals surface area contributed by atoms with Crippen LogP contribution in [0.3, 0.4) is 0 Å². The summed E-state index contributed by atoms with van der Waals surface area (Å²) in [6, 6.07) is 79.3. The summed E-state index contributed by atoms with van der Waals surface area (Å²) < 4.78 is 2.46. The first-order valence-electron chi connectivity index (χ1n) is 21.8. The maximum absolute atomic E-state index is 6.91. The molecule has 1 heterocycles. The zero-order valence-corrected chi connectivity index (χ0v) is 34.7. The summed E-state index contributed by atoms with van der Waals surface area (Å²) >= 11 is 0. The summed E-state index contributed by atoms with van der Waals surface area (Å²) in [5.74, 6) is 0. The minimum atomic E-state index is 0.744. The topological polar surface area (TPSA) is 30.9 Å². The van der Waals surface area contributed by atoms with E-state index >= 15 is 0 Å². The number of fused-ring (bicyclic) bond motifs is 12. The minimum absolute atomic E-state index is 0.744. The quantitative estimate of drug-likeness (QED) is 0.126. The van der Waals surface area contributed by atoms with Gasteiger partial charge >= 0.3 is 0 Å². The summed E-state index contributed by atoms with van der Waals surface area (Å²) in [4.78, 5) is 0. The first-order valence-corrected chi connectivity index (χ1v) is 21.8. The SMILES string of the molecule is N/C(=C\C(=C/Cc1ccc(-c2cc3c4ccccc4c4c(c5ccccc5n4-c4ccccc4)c3c3ccccc23)cc1)c1ccc2ccccc2c1)c1ccc2ccccc2c1. The fourth-order valence-electron chi connectivity index (χ4n) is 9.91. The number of allylic oxidation sites excluding steroid dienone is 3. The zero-order chi connectivity index (χ0) is 41.9. The van der Waals surface area contributed by atoms with Crippen LogP contribution >= 0.6 is 0 Å². The van der Waals surface area contributed by atoms with Gasteiger partial charge in [-0.25, -0.2) is 0 Å². The van der Waals surface area contributed by atoms with E-state index < -0.39 is 0 Å². The second kappa shape index (κ2) is 15.1. The molecule has 0 bridgehead atoms. The number of hydrogen-bond donors (Lipinski definition) is 1. The van der Waals surface area contributed by atoms with Crippen LogP contribution in [-0.2, 0) is 6.42 Å². The van der Waals surface area contributed by atoms with Gasteiger partial charge in [-0.2, -0.15) is 0 Å². The van der Waals surface area contributed by atoms with E-state index in [-0.39, 0.29) is 0 Å². The molecule has 11 aromatic carbocycles. The summed E-state index contributed by atoms with van der Waals surface area (Å²) in [7, 11) is 0. The molecule has 0 aliphatic carbocycles. The van der Waals surface area contributed by atoms with Crippen molar-refractivity contribution in [3.63, 3.8) is 0 Å². The maximum atomic E-state index is 6.91. The van der Waals surface area contributed by atoms with Gasteiger partial charge in [0.25, 0.3) is 0 Å². The maximum Gasteiger partial charge on any atom is 0.0626 e. The third kappa shape index (κ3) is 6.26. The molecule has 0 aliphatic heterocycles. The number of hydrogen-bond acceptors (Lipinski definition) is 1. The highest BCUT2D eigenvalue weighted by Gasteiger charge is 2.21. The molecule has 2 nitrogen and oxygen atoms in total. The molecular weight excluding hydrogens is 761 g/mol. The third-order valence-corrected chi connectivity index (χ3v) is 13.0. The molecule has 0 unspecified atom stereocenters. The average Bonchev–Trinajstić information content (AvgIpc) is 3.70. The lowest BCUT2D eigenvalue weighted by atomic mass is 9.88. The van der Waals surface area contributed by atoms with Crippen molar-refractivity contribution < 1.29 is 0 Å². The van der Waals surface area contributed by atoms with Gasteiger partial charge in [0.05, 0.1) is 11.0 Å². The Kier molecular flexibility index (Phi) is 8.76. The van der Waals surface area contributed by atoms with E-state index in [2.05, 4.69) is 235 Å². The summed E-state index contributed by atoms with van der Waals surface area (Å²) in [5.41, 5.74) is 18.2. The van der Waals surface area contributed by atoms with Crippen molar-refractivity contribution in [3.05, 3.63) is 247 Å². The Morgan fingerprint density at radius 2 is 1.00 bits per heavy atom. The molecule has 0 radical (unpaired) electrons. The van der Waals surface area contributed by atoms with Crippen LogP contribution in [0.2, 0.25) is 0 Å². The number of aromatic nitrogens is 1.